The van der Waals surface area contributed by atoms with Gasteiger partial charge in [0.2, 0.25) is 0 Å². The van der Waals surface area contributed by atoms with Gasteiger partial charge in [0.25, 0.3) is 0 Å². The molecule has 0 aliphatic heterocycles. The maximum Gasteiger partial charge on any atom is 0.130 e. The maximum atomic E-state index is 9.53. The normalized spacial score (nSPS) is 10.0. The highest BCUT2D eigenvalue weighted by atomic mass is 16.5. The Morgan fingerprint density at radius 3 is 2.47 bits per heavy atom. The van der Waals surface area contributed by atoms with E-state index in [1.807, 2.05) is 24.3 Å². The van der Waals surface area contributed by atoms with Crippen molar-refractivity contribution in [3.63, 3.8) is 0 Å². The van der Waals surface area contributed by atoms with Gasteiger partial charge in [0.15, 0.2) is 0 Å². The minimum absolute atomic E-state index is 0.214. The molecular weight excluding hydrogens is 240 g/mol. The molecule has 0 bridgehead atoms. The van der Waals surface area contributed by atoms with Crippen molar-refractivity contribution in [2.45, 2.75) is 0 Å². The molecule has 0 amide bonds. The van der Waals surface area contributed by atoms with Crippen molar-refractivity contribution < 1.29 is 14.6 Å². The van der Waals surface area contributed by atoms with Gasteiger partial charge in [0.05, 0.1) is 14.2 Å². The van der Waals surface area contributed by atoms with Crippen LogP contribution in [-0.4, -0.2) is 19.3 Å². The summed E-state index contributed by atoms with van der Waals surface area (Å²) in [6.07, 6.45) is 0. The standard InChI is InChI=1S/C16H16O3/c1-11(12-5-4-6-13(17)9-12)15-8-7-14(18-2)10-16(15)19-3/h4-10,17H,1H2,2-3H3. The number of hydrogen-bond donors (Lipinski definition) is 1. The molecule has 2 rings (SSSR count). The van der Waals surface area contributed by atoms with Crippen molar-refractivity contribution in [1.82, 2.24) is 0 Å². The van der Waals surface area contributed by atoms with Crippen molar-refractivity contribution in [3.8, 4) is 17.2 Å². The van der Waals surface area contributed by atoms with Crippen LogP contribution in [0.3, 0.4) is 0 Å². The topological polar surface area (TPSA) is 38.7 Å². The molecular formula is C16H16O3. The molecule has 3 heteroatoms. The van der Waals surface area contributed by atoms with Gasteiger partial charge in [-0.15, -0.1) is 0 Å². The lowest BCUT2D eigenvalue weighted by atomic mass is 9.98. The first kappa shape index (κ1) is 13.0. The number of methoxy groups -OCH3 is 2. The molecule has 1 N–H and O–H groups in total. The maximum absolute atomic E-state index is 9.53. The Balaban J connectivity index is 2.44. The van der Waals surface area contributed by atoms with E-state index in [9.17, 15) is 5.11 Å². The van der Waals surface area contributed by atoms with Gasteiger partial charge >= 0.3 is 0 Å². The molecule has 0 aliphatic carbocycles. The van der Waals surface area contributed by atoms with E-state index >= 15 is 0 Å². The molecule has 2 aromatic carbocycles. The van der Waals surface area contributed by atoms with E-state index in [0.717, 1.165) is 22.4 Å². The summed E-state index contributed by atoms with van der Waals surface area (Å²) in [5.41, 5.74) is 2.51. The summed E-state index contributed by atoms with van der Waals surface area (Å²) in [5.74, 6) is 1.63. The Morgan fingerprint density at radius 2 is 1.84 bits per heavy atom. The Morgan fingerprint density at radius 1 is 1.05 bits per heavy atom. The van der Waals surface area contributed by atoms with Gasteiger partial charge in [-0.05, 0) is 35.4 Å². The summed E-state index contributed by atoms with van der Waals surface area (Å²) < 4.78 is 10.5. The third-order valence-electron chi connectivity index (χ3n) is 2.93. The van der Waals surface area contributed by atoms with Crippen molar-refractivity contribution in [2.24, 2.45) is 0 Å². The van der Waals surface area contributed by atoms with Crippen LogP contribution in [-0.2, 0) is 0 Å². The van der Waals surface area contributed by atoms with E-state index in [1.54, 1.807) is 32.4 Å². The van der Waals surface area contributed by atoms with Crippen molar-refractivity contribution >= 4 is 5.57 Å². The Kier molecular flexibility index (Phi) is 3.76. The summed E-state index contributed by atoms with van der Waals surface area (Å²) >= 11 is 0. The molecule has 19 heavy (non-hydrogen) atoms. The van der Waals surface area contributed by atoms with Crippen LogP contribution in [0.25, 0.3) is 5.57 Å². The lowest BCUT2D eigenvalue weighted by molar-refractivity contribution is 0.393. The second kappa shape index (κ2) is 5.48. The average molecular weight is 256 g/mol. The van der Waals surface area contributed by atoms with Crippen LogP contribution >= 0.6 is 0 Å². The van der Waals surface area contributed by atoms with Gasteiger partial charge in [-0.3, -0.25) is 0 Å². The number of rotatable bonds is 4. The third-order valence-corrected chi connectivity index (χ3v) is 2.93. The number of benzene rings is 2. The molecule has 98 valence electrons. The lowest BCUT2D eigenvalue weighted by Gasteiger charge is -2.13. The van der Waals surface area contributed by atoms with Gasteiger partial charge in [0, 0.05) is 11.6 Å². The van der Waals surface area contributed by atoms with E-state index in [1.165, 1.54) is 0 Å². The first-order chi connectivity index (χ1) is 9.15. The minimum Gasteiger partial charge on any atom is -0.508 e. The van der Waals surface area contributed by atoms with Crippen molar-refractivity contribution in [1.29, 1.82) is 0 Å². The monoisotopic (exact) mass is 256 g/mol. The Hall–Kier alpha value is -2.42. The number of ether oxygens (including phenoxy) is 2. The van der Waals surface area contributed by atoms with Crippen molar-refractivity contribution in [3.05, 3.63) is 60.2 Å². The molecule has 3 nitrogen and oxygen atoms in total. The van der Waals surface area contributed by atoms with E-state index in [-0.39, 0.29) is 5.75 Å². The average Bonchev–Trinajstić information content (AvgIpc) is 2.45. The van der Waals surface area contributed by atoms with Crippen LogP contribution in [0.15, 0.2) is 49.0 Å². The first-order valence-corrected chi connectivity index (χ1v) is 5.86. The number of phenolic OH excluding ortho intramolecular Hbond substituents is 1. The molecule has 0 aliphatic rings. The SMILES string of the molecule is C=C(c1cccc(O)c1)c1ccc(OC)cc1OC. The zero-order chi connectivity index (χ0) is 13.8. The largest absolute Gasteiger partial charge is 0.508 e. The molecule has 0 unspecified atom stereocenters. The molecule has 0 saturated heterocycles. The fraction of sp³-hybridized carbons (Fsp3) is 0.125. The second-order valence-corrected chi connectivity index (χ2v) is 4.10. The summed E-state index contributed by atoms with van der Waals surface area (Å²) in [6, 6.07) is 12.5. The number of phenols is 1. The van der Waals surface area contributed by atoms with E-state index in [4.69, 9.17) is 9.47 Å². The van der Waals surface area contributed by atoms with Gasteiger partial charge in [-0.2, -0.15) is 0 Å². The summed E-state index contributed by atoms with van der Waals surface area (Å²) in [5, 5.41) is 9.53. The molecule has 0 heterocycles. The zero-order valence-corrected chi connectivity index (χ0v) is 11.0. The molecule has 0 radical (unpaired) electrons. The summed E-state index contributed by atoms with van der Waals surface area (Å²) in [7, 11) is 3.21. The van der Waals surface area contributed by atoms with Gasteiger partial charge in [-0.25, -0.2) is 0 Å². The van der Waals surface area contributed by atoms with Crippen LogP contribution in [0.2, 0.25) is 0 Å². The lowest BCUT2D eigenvalue weighted by Crippen LogP contribution is -1.94. The summed E-state index contributed by atoms with van der Waals surface area (Å²) in [6.45, 7) is 4.07. The molecule has 0 fully saturated rings. The fourth-order valence-corrected chi connectivity index (χ4v) is 1.90. The molecule has 2 aromatic rings. The van der Waals surface area contributed by atoms with E-state index in [0.29, 0.717) is 5.75 Å². The Labute approximate surface area is 112 Å². The minimum atomic E-state index is 0.214. The van der Waals surface area contributed by atoms with E-state index < -0.39 is 0 Å². The van der Waals surface area contributed by atoms with Crippen LogP contribution in [0.5, 0.6) is 17.2 Å². The van der Waals surface area contributed by atoms with Crippen LogP contribution < -0.4 is 9.47 Å². The third kappa shape index (κ3) is 2.71. The predicted molar refractivity (Wildman–Crippen MR) is 75.8 cm³/mol. The van der Waals surface area contributed by atoms with Crippen LogP contribution in [0, 0.1) is 0 Å². The highest BCUT2D eigenvalue weighted by molar-refractivity contribution is 5.82. The molecule has 0 spiro atoms. The highest BCUT2D eigenvalue weighted by Gasteiger charge is 2.10. The van der Waals surface area contributed by atoms with E-state index in [2.05, 4.69) is 6.58 Å². The smallest absolute Gasteiger partial charge is 0.130 e. The number of hydrogen-bond acceptors (Lipinski definition) is 3. The Bertz CT molecular complexity index is 603. The summed E-state index contributed by atoms with van der Waals surface area (Å²) in [4.78, 5) is 0. The van der Waals surface area contributed by atoms with Gasteiger partial charge < -0.3 is 14.6 Å². The fourth-order valence-electron chi connectivity index (χ4n) is 1.90. The molecule has 0 saturated carbocycles. The predicted octanol–water partition coefficient (Wildman–Crippen LogP) is 3.47. The van der Waals surface area contributed by atoms with Gasteiger partial charge in [0.1, 0.15) is 17.2 Å². The first-order valence-electron chi connectivity index (χ1n) is 5.86. The van der Waals surface area contributed by atoms with Crippen molar-refractivity contribution in [2.75, 3.05) is 14.2 Å². The zero-order valence-electron chi connectivity index (χ0n) is 11.0. The molecule has 0 aromatic heterocycles. The number of aromatic hydroxyl groups is 1. The quantitative estimate of drug-likeness (QED) is 0.910. The van der Waals surface area contributed by atoms with Crippen LogP contribution in [0.4, 0.5) is 0 Å². The second-order valence-electron chi connectivity index (χ2n) is 4.10. The van der Waals surface area contributed by atoms with Crippen LogP contribution in [0.1, 0.15) is 11.1 Å². The van der Waals surface area contributed by atoms with Gasteiger partial charge in [-0.1, -0.05) is 18.7 Å². The highest BCUT2D eigenvalue weighted by Crippen LogP contribution is 2.33. The molecule has 0 atom stereocenters.